The number of amides is 2. The molecule has 23 heavy (non-hydrogen) atoms. The molecule has 0 aliphatic carbocycles. The fraction of sp³-hybridized carbons (Fsp3) is 0.500. The first kappa shape index (κ1) is 18.9. The normalized spacial score (nSPS) is 11.2. The summed E-state index contributed by atoms with van der Waals surface area (Å²) >= 11 is 0. The second-order valence-electron chi connectivity index (χ2n) is 5.83. The fourth-order valence-electron chi connectivity index (χ4n) is 1.97. The minimum absolute atomic E-state index is 0.126. The van der Waals surface area contributed by atoms with E-state index >= 15 is 0 Å². The molecule has 0 saturated carbocycles. The van der Waals surface area contributed by atoms with Gasteiger partial charge in [0.15, 0.2) is 0 Å². The van der Waals surface area contributed by atoms with Gasteiger partial charge in [-0.05, 0) is 56.9 Å². The number of aryl methyl sites for hydroxylation is 2. The molecule has 2 amide bonds. The number of anilines is 1. The summed E-state index contributed by atoms with van der Waals surface area (Å²) in [5.41, 5.74) is 6.46. The number of carbonyl (C=O) groups excluding carboxylic acids is 2. The van der Waals surface area contributed by atoms with Crippen LogP contribution < -0.4 is 10.7 Å². The van der Waals surface area contributed by atoms with Gasteiger partial charge < -0.3 is 5.32 Å². The molecule has 0 spiro atoms. The highest BCUT2D eigenvalue weighted by Gasteiger charge is 2.07. The highest BCUT2D eigenvalue weighted by molar-refractivity contribution is 5.93. The fourth-order valence-corrected chi connectivity index (χ4v) is 1.97. The van der Waals surface area contributed by atoms with Crippen molar-refractivity contribution in [2.75, 3.05) is 5.32 Å². The molecule has 0 atom stereocenters. The minimum atomic E-state index is -0.240. The second kappa shape index (κ2) is 9.77. The van der Waals surface area contributed by atoms with Gasteiger partial charge in [-0.3, -0.25) is 9.59 Å². The van der Waals surface area contributed by atoms with E-state index in [1.165, 1.54) is 5.56 Å². The number of nitrogens with one attached hydrogen (secondary N) is 2. The number of hydrogen-bond donors (Lipinski definition) is 2. The summed E-state index contributed by atoms with van der Waals surface area (Å²) in [7, 11) is 0. The van der Waals surface area contributed by atoms with Gasteiger partial charge in [-0.1, -0.05) is 19.4 Å². The van der Waals surface area contributed by atoms with Crippen molar-refractivity contribution in [2.24, 2.45) is 5.10 Å². The van der Waals surface area contributed by atoms with Gasteiger partial charge in [0.2, 0.25) is 11.8 Å². The maximum absolute atomic E-state index is 11.9. The molecule has 0 radical (unpaired) electrons. The number of unbranched alkanes of at least 4 members (excludes halogenated alkanes) is 1. The van der Waals surface area contributed by atoms with Gasteiger partial charge in [-0.25, -0.2) is 5.43 Å². The van der Waals surface area contributed by atoms with Gasteiger partial charge >= 0.3 is 0 Å². The molecule has 5 nitrogen and oxygen atoms in total. The van der Waals surface area contributed by atoms with E-state index in [1.807, 2.05) is 39.0 Å². The average molecular weight is 317 g/mol. The van der Waals surface area contributed by atoms with Crippen LogP contribution in [0.1, 0.15) is 57.1 Å². The summed E-state index contributed by atoms with van der Waals surface area (Å²) < 4.78 is 0. The van der Waals surface area contributed by atoms with Crippen LogP contribution in [0.25, 0.3) is 0 Å². The maximum atomic E-state index is 11.9. The van der Waals surface area contributed by atoms with Crippen molar-refractivity contribution in [1.29, 1.82) is 0 Å². The van der Waals surface area contributed by atoms with Crippen LogP contribution in [-0.2, 0) is 9.59 Å². The van der Waals surface area contributed by atoms with E-state index in [1.54, 1.807) is 0 Å². The first-order valence-corrected chi connectivity index (χ1v) is 8.11. The summed E-state index contributed by atoms with van der Waals surface area (Å²) in [6.45, 7) is 8.02. The zero-order chi connectivity index (χ0) is 17.2. The van der Waals surface area contributed by atoms with E-state index in [-0.39, 0.29) is 24.7 Å². The Bertz CT molecular complexity index is 580. The van der Waals surface area contributed by atoms with E-state index in [0.29, 0.717) is 0 Å². The van der Waals surface area contributed by atoms with Crippen molar-refractivity contribution < 1.29 is 9.59 Å². The molecule has 0 aliphatic heterocycles. The van der Waals surface area contributed by atoms with E-state index in [2.05, 4.69) is 22.8 Å². The number of carbonyl (C=O) groups is 2. The molecular formula is C18H27N3O2. The van der Waals surface area contributed by atoms with Gasteiger partial charge in [0, 0.05) is 24.2 Å². The van der Waals surface area contributed by atoms with Crippen LogP contribution in [0, 0.1) is 13.8 Å². The summed E-state index contributed by atoms with van der Waals surface area (Å²) in [6, 6.07) is 5.75. The molecule has 0 saturated heterocycles. The third kappa shape index (κ3) is 7.58. The third-order valence-electron chi connectivity index (χ3n) is 3.63. The van der Waals surface area contributed by atoms with Crippen molar-refractivity contribution in [3.63, 3.8) is 0 Å². The third-order valence-corrected chi connectivity index (χ3v) is 3.63. The molecule has 5 heteroatoms. The molecular weight excluding hydrogens is 290 g/mol. The topological polar surface area (TPSA) is 70.6 Å². The van der Waals surface area contributed by atoms with Crippen LogP contribution in [0.4, 0.5) is 5.69 Å². The van der Waals surface area contributed by atoms with Crippen molar-refractivity contribution in [3.8, 4) is 0 Å². The number of nitrogens with zero attached hydrogens (tertiary/aromatic N) is 1. The van der Waals surface area contributed by atoms with Gasteiger partial charge in [-0.2, -0.15) is 5.10 Å². The molecule has 0 bridgehead atoms. The molecule has 1 aromatic carbocycles. The van der Waals surface area contributed by atoms with E-state index < -0.39 is 0 Å². The zero-order valence-corrected chi connectivity index (χ0v) is 14.5. The Morgan fingerprint density at radius 3 is 2.39 bits per heavy atom. The Morgan fingerprint density at radius 2 is 1.74 bits per heavy atom. The van der Waals surface area contributed by atoms with Crippen LogP contribution in [0.2, 0.25) is 0 Å². The first-order valence-electron chi connectivity index (χ1n) is 8.11. The molecule has 0 aromatic heterocycles. The lowest BCUT2D eigenvalue weighted by atomic mass is 10.1. The van der Waals surface area contributed by atoms with Crippen LogP contribution >= 0.6 is 0 Å². The largest absolute Gasteiger partial charge is 0.326 e. The summed E-state index contributed by atoms with van der Waals surface area (Å²) in [5, 5.41) is 6.83. The van der Waals surface area contributed by atoms with Crippen LogP contribution in [0.5, 0.6) is 0 Å². The van der Waals surface area contributed by atoms with E-state index in [0.717, 1.165) is 36.2 Å². The predicted molar refractivity (Wildman–Crippen MR) is 94.6 cm³/mol. The summed E-state index contributed by atoms with van der Waals surface area (Å²) in [6.07, 6.45) is 3.30. The van der Waals surface area contributed by atoms with Crippen molar-refractivity contribution in [2.45, 2.75) is 59.8 Å². The Hall–Kier alpha value is -2.17. The molecule has 0 unspecified atom stereocenters. The lowest BCUT2D eigenvalue weighted by Gasteiger charge is -2.07. The SMILES string of the molecule is CCCC/C(C)=N\NC(=O)CCC(=O)Nc1ccc(C)c(C)c1. The lowest BCUT2D eigenvalue weighted by Crippen LogP contribution is -2.21. The minimum Gasteiger partial charge on any atom is -0.326 e. The summed E-state index contributed by atoms with van der Waals surface area (Å²) in [4.78, 5) is 23.5. The number of hydrazone groups is 1. The molecule has 0 fully saturated rings. The van der Waals surface area contributed by atoms with Crippen LogP contribution in [0.15, 0.2) is 23.3 Å². The molecule has 0 aliphatic rings. The Balaban J connectivity index is 2.35. The summed E-state index contributed by atoms with van der Waals surface area (Å²) in [5.74, 6) is -0.411. The first-order chi connectivity index (χ1) is 10.9. The molecule has 0 heterocycles. The predicted octanol–water partition coefficient (Wildman–Crippen LogP) is 3.70. The number of hydrogen-bond acceptors (Lipinski definition) is 3. The van der Waals surface area contributed by atoms with Crippen LogP contribution in [-0.4, -0.2) is 17.5 Å². The smallest absolute Gasteiger partial charge is 0.240 e. The van der Waals surface area contributed by atoms with Gasteiger partial charge in [0.05, 0.1) is 0 Å². The Kier molecular flexibility index (Phi) is 8.02. The molecule has 1 rings (SSSR count). The molecule has 2 N–H and O–H groups in total. The van der Waals surface area contributed by atoms with Gasteiger partial charge in [0.1, 0.15) is 0 Å². The Morgan fingerprint density at radius 1 is 1.04 bits per heavy atom. The average Bonchev–Trinajstić information content (AvgIpc) is 2.52. The van der Waals surface area contributed by atoms with E-state index in [4.69, 9.17) is 0 Å². The Labute approximate surface area is 138 Å². The number of rotatable bonds is 8. The quantitative estimate of drug-likeness (QED) is 0.567. The standard InChI is InChI=1S/C18H27N3O2/c1-5-6-7-15(4)20-21-18(23)11-10-17(22)19-16-9-8-13(2)14(3)12-16/h8-9,12H,5-7,10-11H2,1-4H3,(H,19,22)(H,21,23)/b20-15-. The lowest BCUT2D eigenvalue weighted by molar-refractivity contribution is -0.124. The monoisotopic (exact) mass is 317 g/mol. The zero-order valence-electron chi connectivity index (χ0n) is 14.5. The second-order valence-corrected chi connectivity index (χ2v) is 5.83. The highest BCUT2D eigenvalue weighted by atomic mass is 16.2. The van der Waals surface area contributed by atoms with E-state index in [9.17, 15) is 9.59 Å². The van der Waals surface area contributed by atoms with Crippen molar-refractivity contribution in [1.82, 2.24) is 5.43 Å². The number of benzene rings is 1. The van der Waals surface area contributed by atoms with Gasteiger partial charge in [-0.15, -0.1) is 0 Å². The molecule has 1 aromatic rings. The van der Waals surface area contributed by atoms with Crippen molar-refractivity contribution in [3.05, 3.63) is 29.3 Å². The maximum Gasteiger partial charge on any atom is 0.240 e. The van der Waals surface area contributed by atoms with Crippen LogP contribution in [0.3, 0.4) is 0 Å². The molecule has 126 valence electrons. The highest BCUT2D eigenvalue weighted by Crippen LogP contribution is 2.14. The van der Waals surface area contributed by atoms with Gasteiger partial charge in [0.25, 0.3) is 0 Å². The van der Waals surface area contributed by atoms with Crippen molar-refractivity contribution >= 4 is 23.2 Å².